The summed E-state index contributed by atoms with van der Waals surface area (Å²) in [5.41, 5.74) is 4.44. The lowest BCUT2D eigenvalue weighted by Gasteiger charge is -2.24. The van der Waals surface area contributed by atoms with E-state index in [-0.39, 0.29) is 18.0 Å². The number of amides is 1. The second-order valence-corrected chi connectivity index (χ2v) is 11.5. The van der Waals surface area contributed by atoms with Crippen LogP contribution in [0.2, 0.25) is 0 Å². The average molecular weight is 502 g/mol. The van der Waals surface area contributed by atoms with Gasteiger partial charge in [0.25, 0.3) is 0 Å². The van der Waals surface area contributed by atoms with Crippen LogP contribution >= 0.6 is 0 Å². The molecule has 0 atom stereocenters. The quantitative estimate of drug-likeness (QED) is 0.445. The molecule has 1 amide bonds. The number of sulfonamides is 1. The number of benzene rings is 3. The van der Waals surface area contributed by atoms with E-state index >= 15 is 0 Å². The van der Waals surface area contributed by atoms with Crippen molar-refractivity contribution >= 4 is 21.6 Å². The van der Waals surface area contributed by atoms with Crippen LogP contribution in [0.1, 0.15) is 40.7 Å². The maximum Gasteiger partial charge on any atom is 0.244 e. The topological polar surface area (TPSA) is 90.3 Å². The Morgan fingerprint density at radius 3 is 2.17 bits per heavy atom. The minimum Gasteiger partial charge on any atom is -0.325 e. The van der Waals surface area contributed by atoms with Crippen molar-refractivity contribution in [2.75, 3.05) is 18.4 Å². The van der Waals surface area contributed by atoms with E-state index in [4.69, 9.17) is 0 Å². The lowest BCUT2D eigenvalue weighted by Crippen LogP contribution is -2.39. The second kappa shape index (κ2) is 10.3. The first-order valence-electron chi connectivity index (χ1n) is 12.1. The van der Waals surface area contributed by atoms with Gasteiger partial charge in [0.15, 0.2) is 0 Å². The molecule has 36 heavy (non-hydrogen) atoms. The molecule has 4 rings (SSSR count). The van der Waals surface area contributed by atoms with E-state index in [2.05, 4.69) is 11.4 Å². The average Bonchev–Trinajstić information content (AvgIpc) is 3.63. The molecular formula is C29H31N3O3S. The summed E-state index contributed by atoms with van der Waals surface area (Å²) >= 11 is 0. The standard InChI is InChI=1S/C29H31N3O3S/c1-21-17-22(2)28(23(3)18-21)36(34,35)32(16-13-24-7-5-4-6-8-24)19-27(33)31-26-11-9-25(10-12-26)29(20-30)14-15-29/h4-12,17-18H,13-16,19H2,1-3H3,(H,31,33). The van der Waals surface area contributed by atoms with E-state index in [1.54, 1.807) is 26.0 Å². The van der Waals surface area contributed by atoms with Gasteiger partial charge in [-0.2, -0.15) is 9.57 Å². The first kappa shape index (κ1) is 25.6. The van der Waals surface area contributed by atoms with Gasteiger partial charge in [-0.05, 0) is 74.4 Å². The largest absolute Gasteiger partial charge is 0.325 e. The third kappa shape index (κ3) is 5.51. The number of anilines is 1. The molecular weight excluding hydrogens is 470 g/mol. The van der Waals surface area contributed by atoms with Gasteiger partial charge in [0, 0.05) is 12.2 Å². The van der Waals surface area contributed by atoms with Crippen molar-refractivity contribution in [2.45, 2.75) is 50.3 Å². The molecule has 6 nitrogen and oxygen atoms in total. The van der Waals surface area contributed by atoms with Gasteiger partial charge in [0.05, 0.1) is 22.9 Å². The normalized spacial score (nSPS) is 14.3. The maximum absolute atomic E-state index is 13.8. The van der Waals surface area contributed by atoms with E-state index in [9.17, 15) is 18.5 Å². The number of hydrogen-bond donors (Lipinski definition) is 1. The van der Waals surface area contributed by atoms with Gasteiger partial charge in [0.1, 0.15) is 0 Å². The summed E-state index contributed by atoms with van der Waals surface area (Å²) in [6, 6.07) is 22.9. The highest BCUT2D eigenvalue weighted by Gasteiger charge is 2.44. The van der Waals surface area contributed by atoms with Gasteiger partial charge in [0.2, 0.25) is 15.9 Å². The van der Waals surface area contributed by atoms with Gasteiger partial charge >= 0.3 is 0 Å². The first-order chi connectivity index (χ1) is 17.1. The van der Waals surface area contributed by atoms with Crippen LogP contribution in [0.3, 0.4) is 0 Å². The predicted octanol–water partition coefficient (Wildman–Crippen LogP) is 5.04. The second-order valence-electron chi connectivity index (χ2n) is 9.62. The Hall–Kier alpha value is -3.47. The summed E-state index contributed by atoms with van der Waals surface area (Å²) in [6.07, 6.45) is 2.19. The molecule has 0 spiro atoms. The van der Waals surface area contributed by atoms with Crippen LogP contribution in [0, 0.1) is 32.1 Å². The number of nitrogens with one attached hydrogen (secondary N) is 1. The fourth-order valence-electron chi connectivity index (χ4n) is 4.71. The van der Waals surface area contributed by atoms with E-state index < -0.39 is 21.3 Å². The van der Waals surface area contributed by atoms with Crippen molar-refractivity contribution in [1.29, 1.82) is 5.26 Å². The zero-order valence-electron chi connectivity index (χ0n) is 20.9. The molecule has 0 saturated heterocycles. The molecule has 7 heteroatoms. The smallest absolute Gasteiger partial charge is 0.244 e. The summed E-state index contributed by atoms with van der Waals surface area (Å²) in [5.74, 6) is -0.414. The van der Waals surface area contributed by atoms with E-state index in [0.717, 1.165) is 29.5 Å². The van der Waals surface area contributed by atoms with Crippen LogP contribution in [0.25, 0.3) is 0 Å². The molecule has 1 fully saturated rings. The fraction of sp³-hybridized carbons (Fsp3) is 0.310. The number of nitriles is 1. The highest BCUT2D eigenvalue weighted by atomic mass is 32.2. The monoisotopic (exact) mass is 501 g/mol. The van der Waals surface area contributed by atoms with Crippen LogP contribution in [-0.4, -0.2) is 31.7 Å². The van der Waals surface area contributed by atoms with E-state index in [1.807, 2.05) is 61.5 Å². The lowest BCUT2D eigenvalue weighted by atomic mass is 9.98. The number of aryl methyl sites for hydroxylation is 3. The summed E-state index contributed by atoms with van der Waals surface area (Å²) in [5, 5.41) is 12.2. The molecule has 0 bridgehead atoms. The molecule has 0 aliphatic heterocycles. The Kier molecular flexibility index (Phi) is 7.30. The van der Waals surface area contributed by atoms with Gasteiger partial charge < -0.3 is 5.32 Å². The number of rotatable bonds is 9. The zero-order valence-corrected chi connectivity index (χ0v) is 21.7. The molecule has 0 heterocycles. The third-order valence-electron chi connectivity index (χ3n) is 6.70. The number of carbonyl (C=O) groups is 1. The molecule has 3 aromatic rings. The summed E-state index contributed by atoms with van der Waals surface area (Å²) < 4.78 is 28.9. The number of nitrogens with zero attached hydrogens (tertiary/aromatic N) is 2. The zero-order chi connectivity index (χ0) is 25.9. The van der Waals surface area contributed by atoms with Gasteiger partial charge in [-0.25, -0.2) is 8.42 Å². The Morgan fingerprint density at radius 2 is 1.61 bits per heavy atom. The first-order valence-corrected chi connectivity index (χ1v) is 13.5. The van der Waals surface area contributed by atoms with Crippen LogP contribution in [0.15, 0.2) is 71.6 Å². The minimum absolute atomic E-state index is 0.177. The Labute approximate surface area is 213 Å². The molecule has 0 radical (unpaired) electrons. The third-order valence-corrected chi connectivity index (χ3v) is 8.85. The van der Waals surface area contributed by atoms with Crippen LogP contribution in [0.5, 0.6) is 0 Å². The van der Waals surface area contributed by atoms with E-state index in [1.165, 1.54) is 4.31 Å². The van der Waals surface area contributed by atoms with Crippen LogP contribution < -0.4 is 5.32 Å². The highest BCUT2D eigenvalue weighted by Crippen LogP contribution is 2.47. The number of carbonyl (C=O) groups excluding carboxylic acids is 1. The van der Waals surface area contributed by atoms with Crippen LogP contribution in [0.4, 0.5) is 5.69 Å². The molecule has 3 aromatic carbocycles. The van der Waals surface area contributed by atoms with Crippen molar-refractivity contribution in [3.05, 3.63) is 94.5 Å². The van der Waals surface area contributed by atoms with Gasteiger partial charge in [-0.3, -0.25) is 4.79 Å². The van der Waals surface area contributed by atoms with Crippen molar-refractivity contribution in [1.82, 2.24) is 4.31 Å². The molecule has 1 aliphatic carbocycles. The Bertz CT molecular complexity index is 1380. The van der Waals surface area contributed by atoms with Gasteiger partial charge in [-0.15, -0.1) is 0 Å². The minimum atomic E-state index is -3.92. The predicted molar refractivity (Wildman–Crippen MR) is 141 cm³/mol. The number of hydrogen-bond acceptors (Lipinski definition) is 4. The van der Waals surface area contributed by atoms with Crippen molar-refractivity contribution in [3.8, 4) is 6.07 Å². The van der Waals surface area contributed by atoms with Crippen LogP contribution in [-0.2, 0) is 26.7 Å². The molecule has 1 saturated carbocycles. The van der Waals surface area contributed by atoms with Gasteiger partial charge in [-0.1, -0.05) is 60.2 Å². The summed E-state index contributed by atoms with van der Waals surface area (Å²) in [6.45, 7) is 5.39. The van der Waals surface area contributed by atoms with Crippen molar-refractivity contribution in [2.24, 2.45) is 0 Å². The Balaban J connectivity index is 1.55. The molecule has 186 valence electrons. The van der Waals surface area contributed by atoms with E-state index in [0.29, 0.717) is 23.2 Å². The highest BCUT2D eigenvalue weighted by molar-refractivity contribution is 7.89. The summed E-state index contributed by atoms with van der Waals surface area (Å²) in [4.78, 5) is 13.3. The van der Waals surface area contributed by atoms with Crippen molar-refractivity contribution in [3.63, 3.8) is 0 Å². The molecule has 1 N–H and O–H groups in total. The maximum atomic E-state index is 13.8. The molecule has 0 unspecified atom stereocenters. The lowest BCUT2D eigenvalue weighted by molar-refractivity contribution is -0.116. The van der Waals surface area contributed by atoms with Crippen molar-refractivity contribution < 1.29 is 13.2 Å². The SMILES string of the molecule is Cc1cc(C)c(S(=O)(=O)N(CCc2ccccc2)CC(=O)Nc2ccc(C3(C#N)CC3)cc2)c(C)c1. The molecule has 1 aliphatic rings. The fourth-order valence-corrected chi connectivity index (χ4v) is 6.52. The Morgan fingerprint density at radius 1 is 1.00 bits per heavy atom. The summed E-state index contributed by atoms with van der Waals surface area (Å²) in [7, 11) is -3.92. The molecule has 0 aromatic heterocycles.